The number of rotatable bonds is 4. The topological polar surface area (TPSA) is 35.6 Å². The Labute approximate surface area is 130 Å². The number of likely N-dealkylation sites (tertiary alicyclic amines) is 1. The summed E-state index contributed by atoms with van der Waals surface area (Å²) in [5.41, 5.74) is 0. The van der Waals surface area contributed by atoms with Gasteiger partial charge in [0.05, 0.1) is 0 Å². The fourth-order valence-corrected chi connectivity index (χ4v) is 3.83. The monoisotopic (exact) mass is 295 g/mol. The zero-order valence-electron chi connectivity index (χ0n) is 14.1. The molecule has 2 aliphatic rings. The van der Waals surface area contributed by atoms with Crippen molar-refractivity contribution in [3.8, 4) is 0 Å². The minimum absolute atomic E-state index is 0.118. The van der Waals surface area contributed by atoms with Gasteiger partial charge in [-0.25, -0.2) is 4.79 Å². The highest BCUT2D eigenvalue weighted by Gasteiger charge is 2.22. The highest BCUT2D eigenvalue weighted by Crippen LogP contribution is 2.27. The maximum atomic E-state index is 12.2. The SMILES string of the molecule is C[C@H]1CCC[C@@H](CNC(=O)N(C)CC2CCN(C)CC2)C1. The van der Waals surface area contributed by atoms with Gasteiger partial charge in [0.1, 0.15) is 0 Å². The number of nitrogens with zero attached hydrogens (tertiary/aromatic N) is 2. The Morgan fingerprint density at radius 1 is 1.19 bits per heavy atom. The van der Waals surface area contributed by atoms with Gasteiger partial charge in [0.25, 0.3) is 0 Å². The lowest BCUT2D eigenvalue weighted by atomic mass is 9.82. The Morgan fingerprint density at radius 3 is 2.57 bits per heavy atom. The van der Waals surface area contributed by atoms with Gasteiger partial charge in [-0.15, -0.1) is 0 Å². The van der Waals surface area contributed by atoms with Crippen molar-refractivity contribution in [2.24, 2.45) is 17.8 Å². The van der Waals surface area contributed by atoms with Crippen molar-refractivity contribution in [2.45, 2.75) is 45.4 Å². The zero-order chi connectivity index (χ0) is 15.2. The van der Waals surface area contributed by atoms with E-state index in [9.17, 15) is 4.79 Å². The highest BCUT2D eigenvalue weighted by atomic mass is 16.2. The van der Waals surface area contributed by atoms with E-state index in [-0.39, 0.29) is 6.03 Å². The first kappa shape index (κ1) is 16.6. The lowest BCUT2D eigenvalue weighted by molar-refractivity contribution is 0.167. The molecule has 122 valence electrons. The summed E-state index contributed by atoms with van der Waals surface area (Å²) in [5.74, 6) is 2.19. The van der Waals surface area contributed by atoms with Gasteiger partial charge in [-0.3, -0.25) is 0 Å². The molecule has 0 radical (unpaired) electrons. The molecule has 0 unspecified atom stereocenters. The van der Waals surface area contributed by atoms with Crippen LogP contribution in [0.4, 0.5) is 4.79 Å². The molecule has 21 heavy (non-hydrogen) atoms. The van der Waals surface area contributed by atoms with Crippen LogP contribution in [0.1, 0.15) is 45.4 Å². The molecule has 1 aliphatic carbocycles. The third-order valence-corrected chi connectivity index (χ3v) is 5.30. The van der Waals surface area contributed by atoms with Crippen LogP contribution in [0, 0.1) is 17.8 Å². The van der Waals surface area contributed by atoms with Crippen LogP contribution in [-0.2, 0) is 0 Å². The molecule has 4 heteroatoms. The summed E-state index contributed by atoms with van der Waals surface area (Å²) in [6.45, 7) is 6.43. The number of amides is 2. The van der Waals surface area contributed by atoms with Crippen LogP contribution in [0.2, 0.25) is 0 Å². The van der Waals surface area contributed by atoms with Crippen molar-refractivity contribution in [3.63, 3.8) is 0 Å². The van der Waals surface area contributed by atoms with Gasteiger partial charge in [0, 0.05) is 20.1 Å². The van der Waals surface area contributed by atoms with Crippen LogP contribution in [0.15, 0.2) is 0 Å². The maximum Gasteiger partial charge on any atom is 0.317 e. The van der Waals surface area contributed by atoms with Crippen molar-refractivity contribution < 1.29 is 4.79 Å². The zero-order valence-corrected chi connectivity index (χ0v) is 14.1. The van der Waals surface area contributed by atoms with Crippen LogP contribution in [-0.4, -0.2) is 56.1 Å². The summed E-state index contributed by atoms with van der Waals surface area (Å²) < 4.78 is 0. The molecule has 0 aromatic rings. The first-order chi connectivity index (χ1) is 10.0. The van der Waals surface area contributed by atoms with Gasteiger partial charge in [-0.1, -0.05) is 19.8 Å². The van der Waals surface area contributed by atoms with Gasteiger partial charge < -0.3 is 15.1 Å². The molecule has 2 atom stereocenters. The standard InChI is InChI=1S/C17H33N3O/c1-14-5-4-6-16(11-14)12-18-17(21)20(3)13-15-7-9-19(2)10-8-15/h14-16H,4-13H2,1-3H3,(H,18,21)/t14-,16+/m0/s1. The van der Waals surface area contributed by atoms with E-state index in [2.05, 4.69) is 24.2 Å². The number of carbonyl (C=O) groups is 1. The Hall–Kier alpha value is -0.770. The summed E-state index contributed by atoms with van der Waals surface area (Å²) in [4.78, 5) is 16.5. The fraction of sp³-hybridized carbons (Fsp3) is 0.941. The first-order valence-corrected chi connectivity index (χ1v) is 8.72. The van der Waals surface area contributed by atoms with E-state index in [1.807, 2.05) is 11.9 Å². The number of hydrogen-bond donors (Lipinski definition) is 1. The molecular formula is C17H33N3O. The van der Waals surface area contributed by atoms with Gasteiger partial charge in [0.2, 0.25) is 0 Å². The van der Waals surface area contributed by atoms with Crippen molar-refractivity contribution in [1.82, 2.24) is 15.1 Å². The van der Waals surface area contributed by atoms with Crippen LogP contribution in [0.3, 0.4) is 0 Å². The summed E-state index contributed by atoms with van der Waals surface area (Å²) in [6, 6.07) is 0.118. The van der Waals surface area contributed by atoms with Crippen molar-refractivity contribution in [3.05, 3.63) is 0 Å². The van der Waals surface area contributed by atoms with Gasteiger partial charge >= 0.3 is 6.03 Å². The molecule has 1 N–H and O–H groups in total. The molecule has 2 fully saturated rings. The molecule has 0 bridgehead atoms. The number of piperidine rings is 1. The summed E-state index contributed by atoms with van der Waals surface area (Å²) in [5, 5.41) is 3.15. The lowest BCUT2D eigenvalue weighted by Crippen LogP contribution is -2.43. The fourth-order valence-electron chi connectivity index (χ4n) is 3.83. The number of urea groups is 1. The molecule has 4 nitrogen and oxygen atoms in total. The molecule has 2 amide bonds. The third-order valence-electron chi connectivity index (χ3n) is 5.30. The maximum absolute atomic E-state index is 12.2. The average Bonchev–Trinajstić information content (AvgIpc) is 2.47. The molecule has 1 heterocycles. The van der Waals surface area contributed by atoms with Crippen molar-refractivity contribution in [2.75, 3.05) is 40.3 Å². The van der Waals surface area contributed by atoms with E-state index in [4.69, 9.17) is 0 Å². The number of nitrogens with one attached hydrogen (secondary N) is 1. The van der Waals surface area contributed by atoms with Crippen LogP contribution in [0.25, 0.3) is 0 Å². The van der Waals surface area contributed by atoms with Gasteiger partial charge in [-0.05, 0) is 63.6 Å². The van der Waals surface area contributed by atoms with E-state index < -0.39 is 0 Å². The van der Waals surface area contributed by atoms with E-state index in [1.165, 1.54) is 51.6 Å². The van der Waals surface area contributed by atoms with E-state index in [1.54, 1.807) is 0 Å². The van der Waals surface area contributed by atoms with E-state index >= 15 is 0 Å². The van der Waals surface area contributed by atoms with Crippen LogP contribution < -0.4 is 5.32 Å². The molecule has 0 aromatic carbocycles. The third kappa shape index (κ3) is 5.50. The number of carbonyl (C=O) groups excluding carboxylic acids is 1. The van der Waals surface area contributed by atoms with Crippen molar-refractivity contribution in [1.29, 1.82) is 0 Å². The van der Waals surface area contributed by atoms with Crippen LogP contribution >= 0.6 is 0 Å². The molecule has 0 spiro atoms. The molecule has 2 rings (SSSR count). The predicted octanol–water partition coefficient (Wildman–Crippen LogP) is 2.80. The Kier molecular flexibility index (Phi) is 6.34. The second kappa shape index (κ2) is 8.02. The van der Waals surface area contributed by atoms with Crippen LogP contribution in [0.5, 0.6) is 0 Å². The van der Waals surface area contributed by atoms with Gasteiger partial charge in [0.15, 0.2) is 0 Å². The summed E-state index contributed by atoms with van der Waals surface area (Å²) in [7, 11) is 4.12. The lowest BCUT2D eigenvalue weighted by Gasteiger charge is -2.32. The Morgan fingerprint density at radius 2 is 1.90 bits per heavy atom. The second-order valence-electron chi connectivity index (χ2n) is 7.45. The molecule has 1 saturated heterocycles. The molecular weight excluding hydrogens is 262 g/mol. The smallest absolute Gasteiger partial charge is 0.317 e. The number of hydrogen-bond acceptors (Lipinski definition) is 2. The largest absolute Gasteiger partial charge is 0.338 e. The molecule has 0 aromatic heterocycles. The molecule has 1 saturated carbocycles. The molecule has 1 aliphatic heterocycles. The summed E-state index contributed by atoms with van der Waals surface area (Å²) in [6.07, 6.45) is 7.68. The van der Waals surface area contributed by atoms with E-state index in [0.717, 1.165) is 19.0 Å². The minimum atomic E-state index is 0.118. The minimum Gasteiger partial charge on any atom is -0.338 e. The highest BCUT2D eigenvalue weighted by molar-refractivity contribution is 5.73. The van der Waals surface area contributed by atoms with Gasteiger partial charge in [-0.2, -0.15) is 0 Å². The average molecular weight is 295 g/mol. The first-order valence-electron chi connectivity index (χ1n) is 8.72. The quantitative estimate of drug-likeness (QED) is 0.865. The Bertz CT molecular complexity index is 326. The van der Waals surface area contributed by atoms with E-state index in [0.29, 0.717) is 11.8 Å². The second-order valence-corrected chi connectivity index (χ2v) is 7.45. The van der Waals surface area contributed by atoms with Crippen molar-refractivity contribution >= 4 is 6.03 Å². The summed E-state index contributed by atoms with van der Waals surface area (Å²) >= 11 is 0. The predicted molar refractivity (Wildman–Crippen MR) is 87.4 cm³/mol. The normalized spacial score (nSPS) is 28.3. The Balaban J connectivity index is 1.65.